The van der Waals surface area contributed by atoms with Crippen molar-refractivity contribution >= 4 is 15.7 Å². The van der Waals surface area contributed by atoms with Crippen LogP contribution in [0, 0.1) is 5.92 Å². The number of benzene rings is 1. The lowest BCUT2D eigenvalue weighted by Crippen LogP contribution is -2.35. The second-order valence-corrected chi connectivity index (χ2v) is 11.0. The van der Waals surface area contributed by atoms with E-state index in [1.807, 2.05) is 0 Å². The van der Waals surface area contributed by atoms with Crippen LogP contribution in [0.15, 0.2) is 33.7 Å². The Balaban J connectivity index is 1.63. The molecule has 2 heterocycles. The molecule has 2 unspecified atom stereocenters. The van der Waals surface area contributed by atoms with Crippen LogP contribution >= 0.6 is 0 Å². The minimum absolute atomic E-state index is 0.0162. The maximum Gasteiger partial charge on any atom is 0.452 e. The van der Waals surface area contributed by atoms with Gasteiger partial charge in [-0.25, -0.2) is 17.2 Å². The molecule has 0 radical (unpaired) electrons. The average molecular weight is 508 g/mol. The minimum atomic E-state index is -4.70. The lowest BCUT2D eigenvalue weighted by Gasteiger charge is -2.25. The van der Waals surface area contributed by atoms with E-state index in [0.29, 0.717) is 13.3 Å². The van der Waals surface area contributed by atoms with Crippen LogP contribution in [0.1, 0.15) is 42.1 Å². The van der Waals surface area contributed by atoms with Crippen molar-refractivity contribution < 1.29 is 44.4 Å². The van der Waals surface area contributed by atoms with E-state index in [0.717, 1.165) is 37.4 Å². The van der Waals surface area contributed by atoms with Crippen LogP contribution in [0.3, 0.4) is 0 Å². The van der Waals surface area contributed by atoms with Gasteiger partial charge in [-0.3, -0.25) is 4.79 Å². The molecule has 1 aromatic carbocycles. The molecule has 186 valence electrons. The Labute approximate surface area is 191 Å². The highest BCUT2D eigenvalue weighted by Crippen LogP contribution is 2.59. The van der Waals surface area contributed by atoms with Gasteiger partial charge in [-0.05, 0) is 37.5 Å². The molecule has 1 aromatic heterocycles. The molecule has 1 amide bonds. The number of rotatable bonds is 6. The molecule has 2 fully saturated rings. The van der Waals surface area contributed by atoms with Crippen molar-refractivity contribution in [2.24, 2.45) is 5.92 Å². The number of sulfone groups is 1. The minimum Gasteiger partial charge on any atom is -0.484 e. The molecule has 4 rings (SSSR count). The zero-order valence-electron chi connectivity index (χ0n) is 18.3. The van der Waals surface area contributed by atoms with Crippen LogP contribution in [0.2, 0.25) is 0 Å². The number of fused-ring (bicyclic) bond motifs is 1. The molecule has 0 N–H and O–H groups in total. The number of halogens is 5. The van der Waals surface area contributed by atoms with Gasteiger partial charge in [0.1, 0.15) is 5.75 Å². The fourth-order valence-corrected chi connectivity index (χ4v) is 4.80. The number of ether oxygens (including phenoxy) is 1. The zero-order chi connectivity index (χ0) is 25.3. The molecule has 1 saturated heterocycles. The van der Waals surface area contributed by atoms with Crippen molar-refractivity contribution in [2.75, 3.05) is 19.3 Å². The number of nitrogens with zero attached hydrogens (tertiary/aromatic N) is 2. The molecule has 3 atom stereocenters. The molecular formula is C21H21F5N2O5S. The largest absolute Gasteiger partial charge is 0.484 e. The number of piperidine rings is 1. The lowest BCUT2D eigenvalue weighted by atomic mass is 10.0. The van der Waals surface area contributed by atoms with Gasteiger partial charge in [-0.2, -0.15) is 13.2 Å². The van der Waals surface area contributed by atoms with Crippen molar-refractivity contribution in [1.29, 1.82) is 0 Å². The molecule has 0 bridgehead atoms. The van der Waals surface area contributed by atoms with Crippen LogP contribution in [-0.4, -0.2) is 55.8 Å². The van der Waals surface area contributed by atoms with Gasteiger partial charge in [0.25, 0.3) is 11.8 Å². The molecule has 34 heavy (non-hydrogen) atoms. The highest BCUT2D eigenvalue weighted by molar-refractivity contribution is 7.90. The number of hydrogen-bond acceptors (Lipinski definition) is 6. The summed E-state index contributed by atoms with van der Waals surface area (Å²) in [6, 6.07) is 4.17. The Morgan fingerprint density at radius 3 is 2.50 bits per heavy atom. The lowest BCUT2D eigenvalue weighted by molar-refractivity contribution is -0.155. The van der Waals surface area contributed by atoms with Crippen LogP contribution in [0.5, 0.6) is 5.75 Å². The number of hydrogen-bond donors (Lipinski definition) is 0. The summed E-state index contributed by atoms with van der Waals surface area (Å²) in [5.74, 6) is -5.54. The smallest absolute Gasteiger partial charge is 0.452 e. The maximum absolute atomic E-state index is 13.7. The Kier molecular flexibility index (Phi) is 5.50. The molecule has 2 aromatic rings. The van der Waals surface area contributed by atoms with E-state index in [1.165, 1.54) is 4.90 Å². The fraction of sp³-hybridized carbons (Fsp3) is 0.524. The van der Waals surface area contributed by atoms with E-state index >= 15 is 0 Å². The monoisotopic (exact) mass is 508 g/mol. The van der Waals surface area contributed by atoms with Crippen molar-refractivity contribution in [3.05, 3.63) is 41.3 Å². The average Bonchev–Trinajstić information content (AvgIpc) is 3.07. The number of carbonyl (C=O) groups excluding carboxylic acids is 1. The van der Waals surface area contributed by atoms with Gasteiger partial charge in [0, 0.05) is 37.8 Å². The number of carbonyl (C=O) groups is 1. The first-order valence-corrected chi connectivity index (χ1v) is 12.1. The molecular weight excluding hydrogens is 487 g/mol. The summed E-state index contributed by atoms with van der Waals surface area (Å²) in [6.07, 6.45) is -4.87. The molecule has 1 aliphatic heterocycles. The van der Waals surface area contributed by atoms with Crippen molar-refractivity contribution in [3.63, 3.8) is 0 Å². The molecule has 0 spiro atoms. The van der Waals surface area contributed by atoms with Gasteiger partial charge >= 0.3 is 6.18 Å². The number of alkyl halides is 5. The van der Waals surface area contributed by atoms with Gasteiger partial charge in [0.2, 0.25) is 5.76 Å². The molecule has 1 aliphatic carbocycles. The van der Waals surface area contributed by atoms with Crippen LogP contribution in [0.4, 0.5) is 22.0 Å². The predicted octanol–water partition coefficient (Wildman–Crippen LogP) is 3.93. The van der Waals surface area contributed by atoms with Crippen LogP contribution in [-0.2, 0) is 21.4 Å². The van der Waals surface area contributed by atoms with E-state index in [9.17, 15) is 35.2 Å². The number of amides is 1. The van der Waals surface area contributed by atoms with E-state index in [1.54, 1.807) is 0 Å². The summed E-state index contributed by atoms with van der Waals surface area (Å²) < 4.78 is 99.8. The number of aromatic nitrogens is 1. The summed E-state index contributed by atoms with van der Waals surface area (Å²) in [4.78, 5) is 14.5. The predicted molar refractivity (Wildman–Crippen MR) is 107 cm³/mol. The van der Waals surface area contributed by atoms with Crippen LogP contribution in [0.25, 0.3) is 0 Å². The first-order chi connectivity index (χ1) is 15.5. The van der Waals surface area contributed by atoms with Gasteiger partial charge in [0.05, 0.1) is 16.2 Å². The maximum atomic E-state index is 13.7. The summed E-state index contributed by atoms with van der Waals surface area (Å²) in [6.45, 7) is 1.95. The van der Waals surface area contributed by atoms with Gasteiger partial charge in [-0.15, -0.1) is 0 Å². The van der Waals surface area contributed by atoms with Crippen molar-refractivity contribution in [1.82, 2.24) is 10.1 Å². The third kappa shape index (κ3) is 4.37. The SMILES string of the molecule is C[C@H](Oc1ccc(S(C)(=O)=O)cc1C(=O)N1CC2CC2(c2cc(C(F)(F)F)on2)C1)C(C)(F)F. The number of likely N-dealkylation sites (tertiary alicyclic amines) is 1. The van der Waals surface area contributed by atoms with Crippen molar-refractivity contribution in [2.45, 2.75) is 48.8 Å². The summed E-state index contributed by atoms with van der Waals surface area (Å²) in [7, 11) is -3.73. The summed E-state index contributed by atoms with van der Waals surface area (Å²) >= 11 is 0. The Bertz CT molecular complexity index is 1240. The standard InChI is InChI=1S/C21H21F5N2O5S/c1-11(19(2,22)23)32-15-5-4-13(34(3,30)31)6-14(15)18(29)28-9-12-8-20(12,10-28)16-7-17(33-27-16)21(24,25)26/h4-7,11-12H,8-10H2,1-3H3/t11-,12?,20?/m0/s1. The van der Waals surface area contributed by atoms with E-state index in [4.69, 9.17) is 4.74 Å². The van der Waals surface area contributed by atoms with Gasteiger partial charge < -0.3 is 14.2 Å². The molecule has 7 nitrogen and oxygen atoms in total. The molecule has 2 aliphatic rings. The summed E-state index contributed by atoms with van der Waals surface area (Å²) in [5, 5.41) is 3.55. The quantitative estimate of drug-likeness (QED) is 0.550. The fourth-order valence-electron chi connectivity index (χ4n) is 4.15. The first kappa shape index (κ1) is 24.4. The molecule has 13 heteroatoms. The second-order valence-electron chi connectivity index (χ2n) is 8.96. The first-order valence-electron chi connectivity index (χ1n) is 10.2. The Hall–Kier alpha value is -2.70. The third-order valence-electron chi connectivity index (χ3n) is 6.36. The highest BCUT2D eigenvalue weighted by atomic mass is 32.2. The second kappa shape index (κ2) is 7.65. The van der Waals surface area contributed by atoms with E-state index in [-0.39, 0.29) is 40.9 Å². The molecule has 1 saturated carbocycles. The van der Waals surface area contributed by atoms with E-state index < -0.39 is 45.1 Å². The Morgan fingerprint density at radius 2 is 1.94 bits per heavy atom. The Morgan fingerprint density at radius 1 is 1.26 bits per heavy atom. The van der Waals surface area contributed by atoms with Gasteiger partial charge in [0.15, 0.2) is 15.9 Å². The van der Waals surface area contributed by atoms with Crippen LogP contribution < -0.4 is 4.74 Å². The summed E-state index contributed by atoms with van der Waals surface area (Å²) in [5.41, 5.74) is -0.950. The zero-order valence-corrected chi connectivity index (χ0v) is 19.1. The normalized spacial score (nSPS) is 23.5. The van der Waals surface area contributed by atoms with E-state index in [2.05, 4.69) is 9.68 Å². The highest BCUT2D eigenvalue weighted by Gasteiger charge is 2.64. The van der Waals surface area contributed by atoms with Crippen molar-refractivity contribution in [3.8, 4) is 5.75 Å². The third-order valence-corrected chi connectivity index (χ3v) is 7.47. The topological polar surface area (TPSA) is 89.7 Å². The van der Waals surface area contributed by atoms with Gasteiger partial charge in [-0.1, -0.05) is 5.16 Å².